The number of rotatable bonds is 8. The Morgan fingerprint density at radius 1 is 1.05 bits per heavy atom. The molecule has 0 amide bonds. The zero-order valence-corrected chi connectivity index (χ0v) is 24.9. The van der Waals surface area contributed by atoms with Crippen LogP contribution in [0.15, 0.2) is 54.7 Å². The minimum absolute atomic E-state index is 0.0104. The Labute approximate surface area is 251 Å². The summed E-state index contributed by atoms with van der Waals surface area (Å²) in [5, 5.41) is 13.8. The number of para-hydroxylation sites is 1. The Morgan fingerprint density at radius 2 is 1.88 bits per heavy atom. The van der Waals surface area contributed by atoms with Crippen molar-refractivity contribution in [2.24, 2.45) is 0 Å². The molecule has 0 saturated carbocycles. The van der Waals surface area contributed by atoms with Crippen molar-refractivity contribution in [1.29, 1.82) is 0 Å². The van der Waals surface area contributed by atoms with Gasteiger partial charge in [-0.1, -0.05) is 30.3 Å². The monoisotopic (exact) mass is 581 g/mol. The van der Waals surface area contributed by atoms with E-state index >= 15 is 0 Å². The molecular weight excluding hydrogens is 544 g/mol. The molecule has 0 bridgehead atoms. The Hall–Kier alpha value is -4.50. The quantitative estimate of drug-likeness (QED) is 0.286. The van der Waals surface area contributed by atoms with Crippen molar-refractivity contribution in [3.8, 4) is 28.7 Å². The van der Waals surface area contributed by atoms with E-state index in [1.165, 1.54) is 38.8 Å². The molecule has 9 nitrogen and oxygen atoms in total. The first-order valence-electron chi connectivity index (χ1n) is 14.9. The third-order valence-corrected chi connectivity index (χ3v) is 8.39. The van der Waals surface area contributed by atoms with E-state index < -0.39 is 5.97 Å². The van der Waals surface area contributed by atoms with E-state index in [1.54, 1.807) is 13.0 Å². The fraction of sp³-hybridized carbons (Fsp3) is 0.353. The molecule has 4 aromatic rings. The second-order valence-corrected chi connectivity index (χ2v) is 11.0. The number of aryl methyl sites for hydroxylation is 1. The molecule has 2 aliphatic heterocycles. The molecule has 2 aliphatic rings. The van der Waals surface area contributed by atoms with Gasteiger partial charge in [0.2, 0.25) is 5.88 Å². The lowest BCUT2D eigenvalue weighted by Crippen LogP contribution is -2.24. The number of carboxylic acid groups (broad SMARTS) is 1. The summed E-state index contributed by atoms with van der Waals surface area (Å²) in [5.41, 5.74) is 9.32. The van der Waals surface area contributed by atoms with E-state index in [0.717, 1.165) is 62.4 Å². The second-order valence-electron chi connectivity index (χ2n) is 11.0. The number of fused-ring (bicyclic) bond motifs is 1. The molecule has 0 aliphatic carbocycles. The van der Waals surface area contributed by atoms with Gasteiger partial charge in [0.25, 0.3) is 0 Å². The van der Waals surface area contributed by atoms with E-state index in [4.69, 9.17) is 19.2 Å². The van der Waals surface area contributed by atoms with Gasteiger partial charge in [-0.25, -0.2) is 14.4 Å². The molecule has 1 fully saturated rings. The van der Waals surface area contributed by atoms with Crippen LogP contribution in [0.1, 0.15) is 51.5 Å². The molecule has 9 heteroatoms. The van der Waals surface area contributed by atoms with Crippen LogP contribution in [0.25, 0.3) is 17.1 Å². The van der Waals surface area contributed by atoms with Crippen molar-refractivity contribution < 1.29 is 28.7 Å². The Morgan fingerprint density at radius 3 is 2.67 bits per heavy atom. The van der Waals surface area contributed by atoms with Crippen LogP contribution in [0, 0.1) is 13.8 Å². The molecule has 43 heavy (non-hydrogen) atoms. The molecule has 0 spiro atoms. The van der Waals surface area contributed by atoms with E-state index in [1.807, 2.05) is 37.3 Å². The second kappa shape index (κ2) is 12.4. The van der Waals surface area contributed by atoms with E-state index in [-0.39, 0.29) is 11.4 Å². The topological polar surface area (TPSA) is 98.7 Å². The third-order valence-electron chi connectivity index (χ3n) is 8.39. The van der Waals surface area contributed by atoms with E-state index in [0.29, 0.717) is 24.7 Å². The lowest BCUT2D eigenvalue weighted by atomic mass is 9.94. The molecule has 1 saturated heterocycles. The molecular formula is C34H37N4O5+. The number of hydrogen-bond acceptors (Lipinski definition) is 6. The van der Waals surface area contributed by atoms with Crippen molar-refractivity contribution in [3.63, 3.8) is 0 Å². The average Bonchev–Trinajstić information content (AvgIpc) is 3.64. The van der Waals surface area contributed by atoms with Gasteiger partial charge in [0.15, 0.2) is 11.5 Å². The lowest BCUT2D eigenvalue weighted by molar-refractivity contribution is -0.527. The fourth-order valence-electron chi connectivity index (χ4n) is 6.04. The summed E-state index contributed by atoms with van der Waals surface area (Å²) in [6, 6.07) is 16.1. The van der Waals surface area contributed by atoms with Crippen LogP contribution in [-0.2, 0) is 24.2 Å². The highest BCUT2D eigenvalue weighted by molar-refractivity contribution is 5.90. The summed E-state index contributed by atoms with van der Waals surface area (Å²) in [5.74, 6) is 0.270. The van der Waals surface area contributed by atoms with Gasteiger partial charge in [0.1, 0.15) is 37.6 Å². The average molecular weight is 582 g/mol. The molecule has 0 atom stereocenters. The van der Waals surface area contributed by atoms with Crippen molar-refractivity contribution in [3.05, 3.63) is 88.1 Å². The van der Waals surface area contributed by atoms with Crippen LogP contribution in [0.5, 0.6) is 11.6 Å². The molecule has 0 radical (unpaired) electrons. The number of ether oxygens (including phenoxy) is 3. The van der Waals surface area contributed by atoms with Crippen molar-refractivity contribution >= 4 is 11.7 Å². The minimum atomic E-state index is -1.10. The van der Waals surface area contributed by atoms with Crippen LogP contribution < -0.4 is 9.47 Å². The number of carboxylic acids is 1. The van der Waals surface area contributed by atoms with Crippen LogP contribution in [0.4, 0.5) is 0 Å². The summed E-state index contributed by atoms with van der Waals surface area (Å²) in [6.07, 6.45) is 4.39. The highest BCUT2D eigenvalue weighted by Gasteiger charge is 2.25. The summed E-state index contributed by atoms with van der Waals surface area (Å²) in [7, 11) is 0. The zero-order chi connectivity index (χ0) is 29.9. The maximum Gasteiger partial charge on any atom is 0.342 e. The highest BCUT2D eigenvalue weighted by atomic mass is 16.5. The first-order chi connectivity index (χ1) is 20.9. The standard InChI is InChI=1S/C34H36N4O5/c1-4-42-33-29(34(39)40)19-35-38(33)31-10-6-9-30(36-31)28-8-5-7-22(2)32(28)43-20-25-12-11-24-13-16-37(26-15-18-41-21-26)17-14-27(24)23(25)3/h5-12,19H,4,13-18,20-21H2,1-3H3/p+1. The third kappa shape index (κ3) is 5.77. The molecule has 222 valence electrons. The van der Waals surface area contributed by atoms with Gasteiger partial charge in [-0.15, -0.1) is 0 Å². The van der Waals surface area contributed by atoms with Crippen LogP contribution in [-0.4, -0.2) is 69.0 Å². The Bertz CT molecular complexity index is 1700. The van der Waals surface area contributed by atoms with Gasteiger partial charge in [-0.3, -0.25) is 0 Å². The number of aromatic nitrogens is 3. The Kier molecular flexibility index (Phi) is 8.24. The van der Waals surface area contributed by atoms with Gasteiger partial charge >= 0.3 is 5.97 Å². The van der Waals surface area contributed by atoms with Crippen LogP contribution in [0.3, 0.4) is 0 Å². The number of aromatic carboxylic acids is 1. The van der Waals surface area contributed by atoms with Crippen molar-refractivity contribution in [1.82, 2.24) is 14.8 Å². The molecule has 6 rings (SSSR count). The number of pyridine rings is 1. The van der Waals surface area contributed by atoms with Crippen LogP contribution >= 0.6 is 0 Å². The SMILES string of the molecule is CCOc1c(C(=O)O)cnn1-c1cccc(-c2cccc(C)c2OCc2ccc3c(c2C)CC[N+](=C2CCOC2)CC3)n1. The molecule has 2 aromatic carbocycles. The largest absolute Gasteiger partial charge is 0.488 e. The molecule has 2 aromatic heterocycles. The number of hydrogen-bond donors (Lipinski definition) is 1. The van der Waals surface area contributed by atoms with Crippen LogP contribution in [0.2, 0.25) is 0 Å². The predicted molar refractivity (Wildman–Crippen MR) is 163 cm³/mol. The summed E-state index contributed by atoms with van der Waals surface area (Å²) in [6.45, 7) is 10.5. The fourth-order valence-corrected chi connectivity index (χ4v) is 6.04. The normalized spacial score (nSPS) is 16.5. The Balaban J connectivity index is 1.27. The first kappa shape index (κ1) is 28.6. The minimum Gasteiger partial charge on any atom is -0.488 e. The maximum atomic E-state index is 11.7. The molecule has 1 N–H and O–H groups in total. The van der Waals surface area contributed by atoms with E-state index in [2.05, 4.69) is 28.7 Å². The number of benzene rings is 2. The van der Waals surface area contributed by atoms with Gasteiger partial charge in [0.05, 0.1) is 31.5 Å². The first-order valence-corrected chi connectivity index (χ1v) is 14.9. The molecule has 4 heterocycles. The summed E-state index contributed by atoms with van der Waals surface area (Å²) in [4.78, 5) is 16.6. The number of nitrogens with zero attached hydrogens (tertiary/aromatic N) is 4. The number of carbonyl (C=O) groups is 1. The zero-order valence-electron chi connectivity index (χ0n) is 24.9. The maximum absolute atomic E-state index is 11.7. The smallest absolute Gasteiger partial charge is 0.342 e. The predicted octanol–water partition coefficient (Wildman–Crippen LogP) is 5.20. The van der Waals surface area contributed by atoms with Gasteiger partial charge in [0, 0.05) is 18.4 Å². The van der Waals surface area contributed by atoms with Crippen molar-refractivity contribution in [2.75, 3.05) is 32.9 Å². The van der Waals surface area contributed by atoms with Gasteiger partial charge in [-0.2, -0.15) is 9.78 Å². The summed E-state index contributed by atoms with van der Waals surface area (Å²) >= 11 is 0. The molecule has 0 unspecified atom stereocenters. The van der Waals surface area contributed by atoms with Gasteiger partial charge in [-0.05, 0) is 66.8 Å². The summed E-state index contributed by atoms with van der Waals surface area (Å²) < 4.78 is 21.8. The highest BCUT2D eigenvalue weighted by Crippen LogP contribution is 2.34. The van der Waals surface area contributed by atoms with E-state index in [9.17, 15) is 9.90 Å². The lowest BCUT2D eigenvalue weighted by Gasteiger charge is -2.17. The van der Waals surface area contributed by atoms with Gasteiger partial charge < -0.3 is 19.3 Å². The van der Waals surface area contributed by atoms with Crippen molar-refractivity contribution in [2.45, 2.75) is 46.6 Å².